The van der Waals surface area contributed by atoms with E-state index in [1.807, 2.05) is 13.0 Å². The summed E-state index contributed by atoms with van der Waals surface area (Å²) in [5, 5.41) is 3.71. The largest absolute Gasteiger partial charge is 0.493 e. The fourth-order valence-electron chi connectivity index (χ4n) is 3.47. The summed E-state index contributed by atoms with van der Waals surface area (Å²) in [7, 11) is 1.69. The molecule has 118 valence electrons. The standard InChI is InChI=1S/C18H29NO2/c1-5-21-17-7-6-15(11-18(17)20-4)12-19-16-9-13(2)8-14(3)10-16/h6-7,11,13-14,16,19H,5,8-10,12H2,1-4H3. The van der Waals surface area contributed by atoms with Crippen molar-refractivity contribution in [3.8, 4) is 11.5 Å². The normalized spacial score (nSPS) is 25.6. The predicted octanol–water partition coefficient (Wildman–Crippen LogP) is 4.01. The zero-order valence-corrected chi connectivity index (χ0v) is 13.8. The van der Waals surface area contributed by atoms with E-state index in [0.29, 0.717) is 12.6 Å². The molecule has 0 heterocycles. The summed E-state index contributed by atoms with van der Waals surface area (Å²) in [4.78, 5) is 0. The fraction of sp³-hybridized carbons (Fsp3) is 0.667. The predicted molar refractivity (Wildman–Crippen MR) is 87.0 cm³/mol. The van der Waals surface area contributed by atoms with Crippen LogP contribution in [0.3, 0.4) is 0 Å². The van der Waals surface area contributed by atoms with E-state index in [1.54, 1.807) is 7.11 Å². The van der Waals surface area contributed by atoms with E-state index < -0.39 is 0 Å². The van der Waals surface area contributed by atoms with Crippen LogP contribution in [-0.4, -0.2) is 19.8 Å². The topological polar surface area (TPSA) is 30.5 Å². The van der Waals surface area contributed by atoms with Gasteiger partial charge >= 0.3 is 0 Å². The lowest BCUT2D eigenvalue weighted by molar-refractivity contribution is 0.238. The minimum atomic E-state index is 0.640. The van der Waals surface area contributed by atoms with Crippen LogP contribution in [0.5, 0.6) is 11.5 Å². The van der Waals surface area contributed by atoms with E-state index >= 15 is 0 Å². The van der Waals surface area contributed by atoms with Gasteiger partial charge in [0.25, 0.3) is 0 Å². The zero-order valence-electron chi connectivity index (χ0n) is 13.8. The van der Waals surface area contributed by atoms with Gasteiger partial charge in [0.15, 0.2) is 11.5 Å². The lowest BCUT2D eigenvalue weighted by atomic mass is 9.80. The van der Waals surface area contributed by atoms with E-state index in [0.717, 1.165) is 29.9 Å². The van der Waals surface area contributed by atoms with Crippen molar-refractivity contribution >= 4 is 0 Å². The molecule has 1 N–H and O–H groups in total. The SMILES string of the molecule is CCOc1ccc(CNC2CC(C)CC(C)C2)cc1OC. The quantitative estimate of drug-likeness (QED) is 0.859. The third-order valence-electron chi connectivity index (χ3n) is 4.30. The van der Waals surface area contributed by atoms with Gasteiger partial charge in [0.1, 0.15) is 0 Å². The summed E-state index contributed by atoms with van der Waals surface area (Å²) in [6.07, 6.45) is 3.95. The Kier molecular flexibility index (Phi) is 5.92. The molecular formula is C18H29NO2. The Balaban J connectivity index is 1.93. The van der Waals surface area contributed by atoms with Gasteiger partial charge in [0.2, 0.25) is 0 Å². The van der Waals surface area contributed by atoms with Gasteiger partial charge < -0.3 is 14.8 Å². The molecule has 0 amide bonds. The Hall–Kier alpha value is -1.22. The lowest BCUT2D eigenvalue weighted by Gasteiger charge is -2.32. The minimum Gasteiger partial charge on any atom is -0.493 e. The number of rotatable bonds is 6. The van der Waals surface area contributed by atoms with Gasteiger partial charge in [-0.1, -0.05) is 19.9 Å². The molecule has 1 fully saturated rings. The van der Waals surface area contributed by atoms with Crippen molar-refractivity contribution in [1.29, 1.82) is 0 Å². The van der Waals surface area contributed by atoms with Crippen molar-refractivity contribution in [2.75, 3.05) is 13.7 Å². The van der Waals surface area contributed by atoms with Crippen molar-refractivity contribution in [2.45, 2.75) is 52.6 Å². The molecule has 0 saturated heterocycles. The lowest BCUT2D eigenvalue weighted by Crippen LogP contribution is -2.35. The highest BCUT2D eigenvalue weighted by Gasteiger charge is 2.23. The summed E-state index contributed by atoms with van der Waals surface area (Å²) in [5.74, 6) is 3.31. The Morgan fingerprint density at radius 2 is 1.81 bits per heavy atom. The third kappa shape index (κ3) is 4.63. The van der Waals surface area contributed by atoms with E-state index in [9.17, 15) is 0 Å². The van der Waals surface area contributed by atoms with Crippen LogP contribution in [0.1, 0.15) is 45.6 Å². The molecule has 1 aromatic rings. The smallest absolute Gasteiger partial charge is 0.161 e. The summed E-state index contributed by atoms with van der Waals surface area (Å²) in [6, 6.07) is 6.84. The van der Waals surface area contributed by atoms with Crippen LogP contribution in [0.15, 0.2) is 18.2 Å². The van der Waals surface area contributed by atoms with Crippen molar-refractivity contribution in [2.24, 2.45) is 11.8 Å². The molecule has 0 radical (unpaired) electrons. The van der Waals surface area contributed by atoms with E-state index in [2.05, 4.69) is 31.3 Å². The molecule has 0 aromatic heterocycles. The van der Waals surface area contributed by atoms with E-state index in [-0.39, 0.29) is 0 Å². The number of nitrogens with one attached hydrogen (secondary N) is 1. The highest BCUT2D eigenvalue weighted by atomic mass is 16.5. The van der Waals surface area contributed by atoms with Crippen LogP contribution in [0, 0.1) is 11.8 Å². The number of hydrogen-bond acceptors (Lipinski definition) is 3. The highest BCUT2D eigenvalue weighted by Crippen LogP contribution is 2.30. The molecule has 2 atom stereocenters. The summed E-state index contributed by atoms with van der Waals surface area (Å²) < 4.78 is 11.0. The van der Waals surface area contributed by atoms with Gasteiger partial charge in [-0.25, -0.2) is 0 Å². The first kappa shape index (κ1) is 16.2. The summed E-state index contributed by atoms with van der Waals surface area (Å²) in [6.45, 7) is 8.27. The molecule has 0 spiro atoms. The Morgan fingerprint density at radius 1 is 1.10 bits per heavy atom. The van der Waals surface area contributed by atoms with Crippen molar-refractivity contribution in [3.63, 3.8) is 0 Å². The monoisotopic (exact) mass is 291 g/mol. The molecule has 0 aliphatic heterocycles. The molecule has 0 bridgehead atoms. The molecule has 21 heavy (non-hydrogen) atoms. The second kappa shape index (κ2) is 7.69. The number of methoxy groups -OCH3 is 1. The van der Waals surface area contributed by atoms with E-state index in [4.69, 9.17) is 9.47 Å². The maximum absolute atomic E-state index is 5.56. The van der Waals surface area contributed by atoms with Crippen LogP contribution in [-0.2, 0) is 6.54 Å². The van der Waals surface area contributed by atoms with Crippen molar-refractivity contribution in [1.82, 2.24) is 5.32 Å². The Bertz CT molecular complexity index is 437. The number of benzene rings is 1. The average Bonchev–Trinajstić information content (AvgIpc) is 2.45. The third-order valence-corrected chi connectivity index (χ3v) is 4.30. The van der Waals surface area contributed by atoms with Crippen LogP contribution in [0.2, 0.25) is 0 Å². The van der Waals surface area contributed by atoms with Gasteiger partial charge in [-0.05, 0) is 55.7 Å². The molecule has 1 aliphatic rings. The maximum atomic E-state index is 5.56. The van der Waals surface area contributed by atoms with E-state index in [1.165, 1.54) is 24.8 Å². The fourth-order valence-corrected chi connectivity index (χ4v) is 3.47. The first-order valence-corrected chi connectivity index (χ1v) is 8.15. The first-order valence-electron chi connectivity index (χ1n) is 8.15. The second-order valence-corrected chi connectivity index (χ2v) is 6.41. The number of hydrogen-bond donors (Lipinski definition) is 1. The maximum Gasteiger partial charge on any atom is 0.161 e. The Labute approximate surface area is 129 Å². The molecule has 1 aliphatic carbocycles. The second-order valence-electron chi connectivity index (χ2n) is 6.41. The molecule has 1 aromatic carbocycles. The number of ether oxygens (including phenoxy) is 2. The summed E-state index contributed by atoms with van der Waals surface area (Å²) in [5.41, 5.74) is 1.25. The van der Waals surface area contributed by atoms with Crippen molar-refractivity contribution < 1.29 is 9.47 Å². The molecular weight excluding hydrogens is 262 g/mol. The van der Waals surface area contributed by atoms with Crippen LogP contribution in [0.4, 0.5) is 0 Å². The summed E-state index contributed by atoms with van der Waals surface area (Å²) >= 11 is 0. The van der Waals surface area contributed by atoms with Gasteiger partial charge in [-0.15, -0.1) is 0 Å². The first-order chi connectivity index (χ1) is 10.1. The molecule has 3 nitrogen and oxygen atoms in total. The van der Waals surface area contributed by atoms with Crippen LogP contribution >= 0.6 is 0 Å². The minimum absolute atomic E-state index is 0.640. The van der Waals surface area contributed by atoms with Crippen LogP contribution < -0.4 is 14.8 Å². The molecule has 2 unspecified atom stereocenters. The van der Waals surface area contributed by atoms with Gasteiger partial charge in [0, 0.05) is 12.6 Å². The molecule has 3 heteroatoms. The Morgan fingerprint density at radius 3 is 2.43 bits per heavy atom. The van der Waals surface area contributed by atoms with Crippen LogP contribution in [0.25, 0.3) is 0 Å². The van der Waals surface area contributed by atoms with Crippen molar-refractivity contribution in [3.05, 3.63) is 23.8 Å². The average molecular weight is 291 g/mol. The zero-order chi connectivity index (χ0) is 15.2. The van der Waals surface area contributed by atoms with Gasteiger partial charge in [-0.2, -0.15) is 0 Å². The molecule has 1 saturated carbocycles. The van der Waals surface area contributed by atoms with Gasteiger partial charge in [-0.3, -0.25) is 0 Å². The van der Waals surface area contributed by atoms with Gasteiger partial charge in [0.05, 0.1) is 13.7 Å². The highest BCUT2D eigenvalue weighted by molar-refractivity contribution is 5.42. The molecule has 2 rings (SSSR count).